The Morgan fingerprint density at radius 1 is 1.36 bits per heavy atom. The molecule has 2 unspecified atom stereocenters. The SMILES string of the molecule is CCCC(=O)N1CCC(C2Cc3c(ccc(C)c3O)C(CN)O2)CC1. The van der Waals surface area contributed by atoms with Crippen molar-refractivity contribution >= 4 is 5.91 Å². The predicted octanol–water partition coefficient (Wildman–Crippen LogP) is 2.68. The number of ether oxygens (including phenoxy) is 1. The van der Waals surface area contributed by atoms with Crippen LogP contribution in [0.2, 0.25) is 0 Å². The second-order valence-corrected chi connectivity index (χ2v) is 7.37. The summed E-state index contributed by atoms with van der Waals surface area (Å²) in [6.07, 6.45) is 4.10. The Morgan fingerprint density at radius 3 is 2.72 bits per heavy atom. The van der Waals surface area contributed by atoms with Gasteiger partial charge in [0, 0.05) is 38.0 Å². The van der Waals surface area contributed by atoms with E-state index >= 15 is 0 Å². The maximum Gasteiger partial charge on any atom is 0.222 e. The molecule has 2 atom stereocenters. The Labute approximate surface area is 150 Å². The average molecular weight is 346 g/mol. The van der Waals surface area contributed by atoms with E-state index in [1.54, 1.807) is 0 Å². The molecule has 0 radical (unpaired) electrons. The van der Waals surface area contributed by atoms with E-state index < -0.39 is 0 Å². The summed E-state index contributed by atoms with van der Waals surface area (Å²) in [4.78, 5) is 14.1. The standard InChI is InChI=1S/C20H30N2O3/c1-3-4-19(23)22-9-7-14(8-10-22)17-11-16-15(18(12-21)25-17)6-5-13(2)20(16)24/h5-6,14,17-18,24H,3-4,7-12,21H2,1-2H3. The molecule has 1 amide bonds. The lowest BCUT2D eigenvalue weighted by Crippen LogP contribution is -2.44. The number of hydrogen-bond donors (Lipinski definition) is 2. The summed E-state index contributed by atoms with van der Waals surface area (Å²) >= 11 is 0. The summed E-state index contributed by atoms with van der Waals surface area (Å²) in [5.41, 5.74) is 8.85. The molecular weight excluding hydrogens is 316 g/mol. The Hall–Kier alpha value is -1.59. The molecule has 0 aromatic heterocycles. The maximum atomic E-state index is 12.1. The third-order valence-electron chi connectivity index (χ3n) is 5.71. The lowest BCUT2D eigenvalue weighted by Gasteiger charge is -2.40. The number of phenolic OH excluding ortho intramolecular Hbond substituents is 1. The highest BCUT2D eigenvalue weighted by atomic mass is 16.5. The first-order chi connectivity index (χ1) is 12.0. The van der Waals surface area contributed by atoms with E-state index in [1.807, 2.05) is 30.9 Å². The molecule has 2 heterocycles. The van der Waals surface area contributed by atoms with Gasteiger partial charge in [-0.25, -0.2) is 0 Å². The van der Waals surface area contributed by atoms with E-state index in [1.165, 1.54) is 0 Å². The fourth-order valence-corrected chi connectivity index (χ4v) is 4.17. The van der Waals surface area contributed by atoms with Crippen molar-refractivity contribution in [3.8, 4) is 5.75 Å². The summed E-state index contributed by atoms with van der Waals surface area (Å²) in [6, 6.07) is 3.96. The van der Waals surface area contributed by atoms with Gasteiger partial charge in [-0.2, -0.15) is 0 Å². The van der Waals surface area contributed by atoms with Gasteiger partial charge in [0.05, 0.1) is 12.2 Å². The third-order valence-corrected chi connectivity index (χ3v) is 5.71. The van der Waals surface area contributed by atoms with E-state index in [9.17, 15) is 9.90 Å². The van der Waals surface area contributed by atoms with Crippen LogP contribution in [0.4, 0.5) is 0 Å². The smallest absolute Gasteiger partial charge is 0.222 e. The largest absolute Gasteiger partial charge is 0.507 e. The second kappa shape index (κ2) is 7.75. The lowest BCUT2D eigenvalue weighted by molar-refractivity contribution is -0.134. The fourth-order valence-electron chi connectivity index (χ4n) is 4.17. The fraction of sp³-hybridized carbons (Fsp3) is 0.650. The van der Waals surface area contributed by atoms with Gasteiger partial charge in [0.1, 0.15) is 5.75 Å². The third kappa shape index (κ3) is 3.67. The zero-order valence-corrected chi connectivity index (χ0v) is 15.3. The number of nitrogens with two attached hydrogens (primary N) is 1. The number of fused-ring (bicyclic) bond motifs is 1. The number of rotatable bonds is 4. The van der Waals surface area contributed by atoms with Gasteiger partial charge in [-0.3, -0.25) is 4.79 Å². The summed E-state index contributed by atoms with van der Waals surface area (Å²) in [5, 5.41) is 10.5. The van der Waals surface area contributed by atoms with Crippen molar-refractivity contribution in [2.45, 2.75) is 58.2 Å². The summed E-state index contributed by atoms with van der Waals surface area (Å²) in [5.74, 6) is 1.07. The van der Waals surface area contributed by atoms with Crippen LogP contribution in [-0.2, 0) is 16.0 Å². The zero-order valence-electron chi connectivity index (χ0n) is 15.3. The molecule has 0 spiro atoms. The minimum atomic E-state index is -0.153. The van der Waals surface area contributed by atoms with Crippen LogP contribution in [0, 0.1) is 12.8 Å². The van der Waals surface area contributed by atoms with E-state index in [4.69, 9.17) is 10.5 Å². The molecule has 1 aromatic rings. The van der Waals surface area contributed by atoms with Crippen molar-refractivity contribution in [3.63, 3.8) is 0 Å². The molecule has 1 saturated heterocycles. The Bertz CT molecular complexity index is 624. The molecule has 3 N–H and O–H groups in total. The van der Waals surface area contributed by atoms with Crippen molar-refractivity contribution in [2.75, 3.05) is 19.6 Å². The normalized spacial score (nSPS) is 24.2. The molecule has 5 nitrogen and oxygen atoms in total. The highest BCUT2D eigenvalue weighted by Crippen LogP contribution is 2.40. The van der Waals surface area contributed by atoms with Crippen LogP contribution >= 0.6 is 0 Å². The number of benzene rings is 1. The first kappa shape index (κ1) is 18.2. The number of hydrogen-bond acceptors (Lipinski definition) is 4. The van der Waals surface area contributed by atoms with E-state index in [0.29, 0.717) is 24.6 Å². The molecule has 0 aliphatic carbocycles. The summed E-state index contributed by atoms with van der Waals surface area (Å²) in [6.45, 7) is 6.00. The molecule has 2 aliphatic rings. The van der Waals surface area contributed by atoms with Crippen LogP contribution < -0.4 is 5.73 Å². The molecule has 138 valence electrons. The van der Waals surface area contributed by atoms with Crippen LogP contribution in [-0.4, -0.2) is 41.7 Å². The highest BCUT2D eigenvalue weighted by Gasteiger charge is 2.35. The van der Waals surface area contributed by atoms with Gasteiger partial charge in [0.15, 0.2) is 0 Å². The van der Waals surface area contributed by atoms with Crippen LogP contribution in [0.5, 0.6) is 5.75 Å². The first-order valence-electron chi connectivity index (χ1n) is 9.49. The first-order valence-corrected chi connectivity index (χ1v) is 9.49. The molecule has 25 heavy (non-hydrogen) atoms. The minimum Gasteiger partial charge on any atom is -0.507 e. The number of aromatic hydroxyl groups is 1. The Kier molecular flexibility index (Phi) is 5.64. The predicted molar refractivity (Wildman–Crippen MR) is 97.4 cm³/mol. The molecule has 3 rings (SSSR count). The minimum absolute atomic E-state index is 0.0668. The van der Waals surface area contributed by atoms with Crippen LogP contribution in [0.15, 0.2) is 12.1 Å². The van der Waals surface area contributed by atoms with Crippen LogP contribution in [0.1, 0.15) is 55.4 Å². The van der Waals surface area contributed by atoms with Crippen molar-refractivity contribution in [1.29, 1.82) is 0 Å². The van der Waals surface area contributed by atoms with Crippen molar-refractivity contribution in [2.24, 2.45) is 11.7 Å². The second-order valence-electron chi connectivity index (χ2n) is 7.37. The van der Waals surface area contributed by atoms with Gasteiger partial charge in [0.25, 0.3) is 0 Å². The zero-order chi connectivity index (χ0) is 18.0. The van der Waals surface area contributed by atoms with Gasteiger partial charge < -0.3 is 20.5 Å². The van der Waals surface area contributed by atoms with E-state index in [0.717, 1.165) is 55.5 Å². The van der Waals surface area contributed by atoms with Gasteiger partial charge in [-0.1, -0.05) is 19.1 Å². The highest BCUT2D eigenvalue weighted by molar-refractivity contribution is 5.76. The summed E-state index contributed by atoms with van der Waals surface area (Å²) < 4.78 is 6.30. The molecule has 1 aromatic carbocycles. The maximum absolute atomic E-state index is 12.1. The number of likely N-dealkylation sites (tertiary alicyclic amines) is 1. The van der Waals surface area contributed by atoms with E-state index in [-0.39, 0.29) is 18.1 Å². The van der Waals surface area contributed by atoms with Crippen LogP contribution in [0.25, 0.3) is 0 Å². The molecule has 0 saturated carbocycles. The molecule has 2 aliphatic heterocycles. The molecule has 5 heteroatoms. The Balaban J connectivity index is 1.70. The number of carbonyl (C=O) groups is 1. The monoisotopic (exact) mass is 346 g/mol. The van der Waals surface area contributed by atoms with Crippen molar-refractivity contribution in [3.05, 3.63) is 28.8 Å². The van der Waals surface area contributed by atoms with Crippen molar-refractivity contribution < 1.29 is 14.6 Å². The van der Waals surface area contributed by atoms with Gasteiger partial charge >= 0.3 is 0 Å². The Morgan fingerprint density at radius 2 is 2.08 bits per heavy atom. The van der Waals surface area contributed by atoms with Gasteiger partial charge in [-0.15, -0.1) is 0 Å². The lowest BCUT2D eigenvalue weighted by atomic mass is 9.83. The number of piperidine rings is 1. The number of nitrogens with zero attached hydrogens (tertiary/aromatic N) is 1. The summed E-state index contributed by atoms with van der Waals surface area (Å²) in [7, 11) is 0. The van der Waals surface area contributed by atoms with Crippen molar-refractivity contribution in [1.82, 2.24) is 4.90 Å². The number of amides is 1. The quantitative estimate of drug-likeness (QED) is 0.879. The number of carbonyl (C=O) groups excluding carboxylic acids is 1. The molecular formula is C20H30N2O3. The van der Waals surface area contributed by atoms with E-state index in [2.05, 4.69) is 0 Å². The average Bonchev–Trinajstić information content (AvgIpc) is 2.64. The molecule has 1 fully saturated rings. The van der Waals surface area contributed by atoms with Crippen LogP contribution in [0.3, 0.4) is 0 Å². The van der Waals surface area contributed by atoms with Gasteiger partial charge in [-0.05, 0) is 43.2 Å². The topological polar surface area (TPSA) is 75.8 Å². The number of aryl methyl sites for hydroxylation is 1. The molecule has 0 bridgehead atoms. The number of phenols is 1. The van der Waals surface area contributed by atoms with Gasteiger partial charge in [0.2, 0.25) is 5.91 Å².